The lowest BCUT2D eigenvalue weighted by molar-refractivity contribution is 0.429. The third-order valence-electron chi connectivity index (χ3n) is 1.97. The van der Waals surface area contributed by atoms with Crippen molar-refractivity contribution in [1.82, 2.24) is 5.32 Å². The lowest BCUT2D eigenvalue weighted by Gasteiger charge is -2.15. The molecule has 0 amide bonds. The van der Waals surface area contributed by atoms with Crippen LogP contribution in [0.25, 0.3) is 0 Å². The smallest absolute Gasteiger partial charge is 0.0250 e. The third-order valence-corrected chi connectivity index (χ3v) is 1.97. The molecule has 1 heteroatoms. The summed E-state index contributed by atoms with van der Waals surface area (Å²) in [4.78, 5) is 0. The highest BCUT2D eigenvalue weighted by molar-refractivity contribution is 5.11. The molecule has 6 heavy (non-hydrogen) atoms. The van der Waals surface area contributed by atoms with Gasteiger partial charge in [0.15, 0.2) is 0 Å². The van der Waals surface area contributed by atoms with Crippen molar-refractivity contribution >= 4 is 0 Å². The fourth-order valence-corrected chi connectivity index (χ4v) is 1.32. The van der Waals surface area contributed by atoms with E-state index in [0.29, 0.717) is 0 Å². The summed E-state index contributed by atoms with van der Waals surface area (Å²) < 4.78 is 0. The maximum Gasteiger partial charge on any atom is 0.0250 e. The van der Waals surface area contributed by atoms with E-state index >= 15 is 0 Å². The highest BCUT2D eigenvalue weighted by Gasteiger charge is 2.50. The summed E-state index contributed by atoms with van der Waals surface area (Å²) in [6.45, 7) is 2.31. The van der Waals surface area contributed by atoms with Gasteiger partial charge in [0.05, 0.1) is 0 Å². The van der Waals surface area contributed by atoms with Crippen LogP contribution in [0.5, 0.6) is 0 Å². The van der Waals surface area contributed by atoms with E-state index in [0.717, 1.165) is 18.0 Å². The van der Waals surface area contributed by atoms with Crippen LogP contribution in [0.1, 0.15) is 13.3 Å². The third kappa shape index (κ3) is 0.178. The fraction of sp³-hybridized carbons (Fsp3) is 1.00. The van der Waals surface area contributed by atoms with Crippen LogP contribution in [0.3, 0.4) is 0 Å². The topological polar surface area (TPSA) is 21.9 Å². The van der Waals surface area contributed by atoms with Gasteiger partial charge in [-0.25, -0.2) is 0 Å². The summed E-state index contributed by atoms with van der Waals surface area (Å²) in [6.07, 6.45) is 1.44. The molecule has 0 aromatic heterocycles. The van der Waals surface area contributed by atoms with E-state index in [9.17, 15) is 0 Å². The number of hydrogen-bond donors (Lipinski definition) is 1. The number of nitrogens with one attached hydrogen (secondary N) is 1. The van der Waals surface area contributed by atoms with E-state index in [-0.39, 0.29) is 0 Å². The van der Waals surface area contributed by atoms with Crippen molar-refractivity contribution in [2.75, 3.05) is 0 Å². The number of rotatable bonds is 0. The fourth-order valence-electron chi connectivity index (χ4n) is 1.32. The van der Waals surface area contributed by atoms with Crippen molar-refractivity contribution in [3.8, 4) is 0 Å². The molecule has 3 unspecified atom stereocenters. The van der Waals surface area contributed by atoms with Gasteiger partial charge in [-0.15, -0.1) is 0 Å². The first-order valence-electron chi connectivity index (χ1n) is 2.64. The van der Waals surface area contributed by atoms with Crippen LogP contribution in [0.15, 0.2) is 0 Å². The van der Waals surface area contributed by atoms with Crippen LogP contribution in [0.4, 0.5) is 0 Å². The van der Waals surface area contributed by atoms with Crippen LogP contribution < -0.4 is 5.32 Å². The second-order valence-corrected chi connectivity index (χ2v) is 2.51. The van der Waals surface area contributed by atoms with Gasteiger partial charge in [-0.1, -0.05) is 6.92 Å². The Labute approximate surface area is 37.7 Å². The van der Waals surface area contributed by atoms with E-state index in [1.54, 1.807) is 0 Å². The predicted octanol–water partition coefficient (Wildman–Crippen LogP) is 0.367. The first-order chi connectivity index (χ1) is 2.88. The van der Waals surface area contributed by atoms with Crippen molar-refractivity contribution in [3.63, 3.8) is 0 Å². The monoisotopic (exact) mass is 83.1 g/mol. The molecule has 1 aliphatic carbocycles. The molecule has 1 N–H and O–H groups in total. The quantitative estimate of drug-likeness (QED) is 0.420. The minimum Gasteiger partial charge on any atom is -0.308 e. The van der Waals surface area contributed by atoms with E-state index in [1.165, 1.54) is 6.42 Å². The zero-order valence-corrected chi connectivity index (χ0v) is 3.94. The molecule has 1 saturated heterocycles. The first kappa shape index (κ1) is 3.03. The normalized spacial score (nSPS) is 62.5. The van der Waals surface area contributed by atoms with Crippen LogP contribution >= 0.6 is 0 Å². The van der Waals surface area contributed by atoms with E-state index < -0.39 is 0 Å². The average Bonchev–Trinajstić information content (AvgIpc) is 2.12. The maximum atomic E-state index is 3.36. The minimum absolute atomic E-state index is 0.949. The predicted molar refractivity (Wildman–Crippen MR) is 24.5 cm³/mol. The van der Waals surface area contributed by atoms with Crippen molar-refractivity contribution in [1.29, 1.82) is 0 Å². The molecular weight excluding hydrogens is 74.1 g/mol. The Morgan fingerprint density at radius 2 is 2.50 bits per heavy atom. The molecule has 2 fully saturated rings. The summed E-state index contributed by atoms with van der Waals surface area (Å²) in [6, 6.07) is 1.91. The van der Waals surface area contributed by atoms with Crippen LogP contribution in [-0.4, -0.2) is 12.1 Å². The van der Waals surface area contributed by atoms with Gasteiger partial charge in [-0.3, -0.25) is 0 Å². The summed E-state index contributed by atoms with van der Waals surface area (Å²) in [7, 11) is 0. The summed E-state index contributed by atoms with van der Waals surface area (Å²) in [5, 5.41) is 3.36. The minimum atomic E-state index is 0.949. The summed E-state index contributed by atoms with van der Waals surface area (Å²) in [5.74, 6) is 0.995. The van der Waals surface area contributed by atoms with Gasteiger partial charge in [-0.05, 0) is 12.3 Å². The second kappa shape index (κ2) is 0.648. The van der Waals surface area contributed by atoms with Gasteiger partial charge < -0.3 is 5.32 Å². The Hall–Kier alpha value is -0.0400. The standard InChI is InChI=1S/C5H9N/c1-3-2-4-5(3)6-4/h3-6H,2H2,1H3. The zero-order valence-electron chi connectivity index (χ0n) is 3.94. The Balaban J connectivity index is 2.08. The molecule has 0 bridgehead atoms. The largest absolute Gasteiger partial charge is 0.308 e. The van der Waals surface area contributed by atoms with Gasteiger partial charge in [0.2, 0.25) is 0 Å². The summed E-state index contributed by atoms with van der Waals surface area (Å²) >= 11 is 0. The molecule has 0 aromatic carbocycles. The van der Waals surface area contributed by atoms with Gasteiger partial charge in [0, 0.05) is 12.1 Å². The Bertz CT molecular complexity index is 80.0. The Morgan fingerprint density at radius 3 is 2.50 bits per heavy atom. The Morgan fingerprint density at radius 1 is 1.67 bits per heavy atom. The van der Waals surface area contributed by atoms with Crippen molar-refractivity contribution < 1.29 is 0 Å². The summed E-state index contributed by atoms with van der Waals surface area (Å²) in [5.41, 5.74) is 0. The first-order valence-corrected chi connectivity index (χ1v) is 2.64. The van der Waals surface area contributed by atoms with Crippen molar-refractivity contribution in [2.24, 2.45) is 5.92 Å². The average molecular weight is 83.1 g/mol. The molecule has 34 valence electrons. The van der Waals surface area contributed by atoms with Crippen LogP contribution in [-0.2, 0) is 0 Å². The second-order valence-electron chi connectivity index (χ2n) is 2.51. The molecule has 3 atom stereocenters. The number of hydrogen-bond acceptors (Lipinski definition) is 1. The van der Waals surface area contributed by atoms with Gasteiger partial charge in [0.25, 0.3) is 0 Å². The van der Waals surface area contributed by atoms with E-state index in [1.807, 2.05) is 0 Å². The van der Waals surface area contributed by atoms with Gasteiger partial charge >= 0.3 is 0 Å². The SMILES string of the molecule is CC1CC2NC12. The maximum absolute atomic E-state index is 3.36. The highest BCUT2D eigenvalue weighted by atomic mass is 15.2. The highest BCUT2D eigenvalue weighted by Crippen LogP contribution is 2.38. The van der Waals surface area contributed by atoms with E-state index in [2.05, 4.69) is 12.2 Å². The molecule has 0 aromatic rings. The lowest BCUT2D eigenvalue weighted by Crippen LogP contribution is -2.19. The zero-order chi connectivity index (χ0) is 4.15. The molecule has 2 aliphatic rings. The van der Waals surface area contributed by atoms with Crippen molar-refractivity contribution in [2.45, 2.75) is 25.4 Å². The van der Waals surface area contributed by atoms with E-state index in [4.69, 9.17) is 0 Å². The molecule has 0 spiro atoms. The molecule has 1 nitrogen and oxygen atoms in total. The van der Waals surface area contributed by atoms with Gasteiger partial charge in [0.1, 0.15) is 0 Å². The van der Waals surface area contributed by atoms with Crippen LogP contribution in [0, 0.1) is 5.92 Å². The van der Waals surface area contributed by atoms with Gasteiger partial charge in [-0.2, -0.15) is 0 Å². The molecular formula is C5H9N. The molecule has 1 saturated carbocycles. The number of fused-ring (bicyclic) bond motifs is 1. The molecule has 1 heterocycles. The molecule has 0 radical (unpaired) electrons. The van der Waals surface area contributed by atoms with Crippen LogP contribution in [0.2, 0.25) is 0 Å². The Kier molecular flexibility index (Phi) is 0.327. The lowest BCUT2D eigenvalue weighted by atomic mass is 9.88. The van der Waals surface area contributed by atoms with Crippen molar-refractivity contribution in [3.05, 3.63) is 0 Å². The molecule has 1 aliphatic heterocycles. The molecule has 2 rings (SSSR count).